The molecule has 4 nitrogen and oxygen atoms in total. The van der Waals surface area contributed by atoms with Gasteiger partial charge in [0.05, 0.1) is 5.60 Å². The molecule has 1 saturated heterocycles. The molecule has 1 heterocycles. The van der Waals surface area contributed by atoms with E-state index in [4.69, 9.17) is 0 Å². The molecule has 2 N–H and O–H groups in total. The van der Waals surface area contributed by atoms with Crippen molar-refractivity contribution in [1.82, 2.24) is 10.2 Å². The maximum Gasteiger partial charge on any atom is 0.216 e. The van der Waals surface area contributed by atoms with Gasteiger partial charge in [0.2, 0.25) is 5.91 Å². The third kappa shape index (κ3) is 5.50. The van der Waals surface area contributed by atoms with Gasteiger partial charge in [0.15, 0.2) is 0 Å². The van der Waals surface area contributed by atoms with Crippen LogP contribution in [0.5, 0.6) is 0 Å². The van der Waals surface area contributed by atoms with Crippen molar-refractivity contribution in [3.05, 3.63) is 0 Å². The number of nitrogens with zero attached hydrogens (tertiary/aromatic N) is 1. The predicted molar refractivity (Wildman–Crippen MR) is 68.8 cm³/mol. The molecule has 0 bridgehead atoms. The zero-order valence-corrected chi connectivity index (χ0v) is 11.3. The normalized spacial score (nSPS) is 22.1. The average Bonchev–Trinajstić information content (AvgIpc) is 2.28. The Morgan fingerprint density at radius 2 is 2.06 bits per heavy atom. The van der Waals surface area contributed by atoms with Crippen molar-refractivity contribution in [2.75, 3.05) is 26.2 Å². The molecule has 4 heteroatoms. The fourth-order valence-electron chi connectivity index (χ4n) is 2.23. The van der Waals surface area contributed by atoms with E-state index in [2.05, 4.69) is 10.2 Å². The van der Waals surface area contributed by atoms with E-state index < -0.39 is 5.60 Å². The van der Waals surface area contributed by atoms with E-state index >= 15 is 0 Å². The third-order valence-corrected chi connectivity index (χ3v) is 3.67. The molecule has 17 heavy (non-hydrogen) atoms. The number of piperidine rings is 1. The predicted octanol–water partition coefficient (Wildman–Crippen LogP) is 0.995. The van der Waals surface area contributed by atoms with Gasteiger partial charge in [-0.2, -0.15) is 0 Å². The number of likely N-dealkylation sites (tertiary alicyclic amines) is 1. The summed E-state index contributed by atoms with van der Waals surface area (Å²) < 4.78 is 0. The molecule has 1 fully saturated rings. The Labute approximate surface area is 104 Å². The van der Waals surface area contributed by atoms with E-state index in [9.17, 15) is 9.90 Å². The number of aliphatic hydroxyl groups is 1. The van der Waals surface area contributed by atoms with Crippen molar-refractivity contribution in [3.63, 3.8) is 0 Å². The van der Waals surface area contributed by atoms with Crippen LogP contribution in [0.25, 0.3) is 0 Å². The van der Waals surface area contributed by atoms with Crippen LogP contribution in [-0.2, 0) is 4.79 Å². The Kier molecular flexibility index (Phi) is 5.40. The van der Waals surface area contributed by atoms with Crippen molar-refractivity contribution in [2.45, 2.75) is 45.6 Å². The molecule has 100 valence electrons. The molecule has 1 atom stereocenters. The fraction of sp³-hybridized carbons (Fsp3) is 0.923. The summed E-state index contributed by atoms with van der Waals surface area (Å²) in [5.74, 6) is 0.656. The van der Waals surface area contributed by atoms with Crippen molar-refractivity contribution >= 4 is 5.91 Å². The maximum absolute atomic E-state index is 10.8. The highest BCUT2D eigenvalue weighted by Gasteiger charge is 2.25. The SMILES string of the molecule is CCC(C)(O)CN1CCC(CNC(C)=O)CC1. The lowest BCUT2D eigenvalue weighted by Crippen LogP contribution is -2.45. The smallest absolute Gasteiger partial charge is 0.216 e. The van der Waals surface area contributed by atoms with E-state index in [1.54, 1.807) is 6.92 Å². The highest BCUT2D eigenvalue weighted by molar-refractivity contribution is 5.72. The summed E-state index contributed by atoms with van der Waals surface area (Å²) in [5.41, 5.74) is -0.565. The molecule has 1 rings (SSSR count). The lowest BCUT2D eigenvalue weighted by Gasteiger charge is -2.36. The van der Waals surface area contributed by atoms with Crippen LogP contribution in [-0.4, -0.2) is 47.7 Å². The molecular weight excluding hydrogens is 216 g/mol. The third-order valence-electron chi connectivity index (χ3n) is 3.67. The summed E-state index contributed by atoms with van der Waals surface area (Å²) in [7, 11) is 0. The summed E-state index contributed by atoms with van der Waals surface area (Å²) in [6, 6.07) is 0. The van der Waals surface area contributed by atoms with Crippen LogP contribution in [0, 0.1) is 5.92 Å². The highest BCUT2D eigenvalue weighted by Crippen LogP contribution is 2.19. The Bertz CT molecular complexity index is 246. The van der Waals surface area contributed by atoms with Crippen LogP contribution >= 0.6 is 0 Å². The van der Waals surface area contributed by atoms with E-state index in [0.29, 0.717) is 5.92 Å². The first-order chi connectivity index (χ1) is 7.93. The van der Waals surface area contributed by atoms with E-state index in [0.717, 1.165) is 45.4 Å². The molecule has 0 aromatic rings. The Balaban J connectivity index is 2.24. The lowest BCUT2D eigenvalue weighted by molar-refractivity contribution is -0.119. The second kappa shape index (κ2) is 6.36. The standard InChI is InChI=1S/C13H26N2O2/c1-4-13(3,17)10-15-7-5-12(6-8-15)9-14-11(2)16/h12,17H,4-10H2,1-3H3,(H,14,16). The van der Waals surface area contributed by atoms with Gasteiger partial charge in [-0.05, 0) is 45.2 Å². The molecule has 0 spiro atoms. The molecule has 0 saturated carbocycles. The Hall–Kier alpha value is -0.610. The molecule has 1 aliphatic heterocycles. The number of carbonyl (C=O) groups excluding carboxylic acids is 1. The number of amides is 1. The minimum Gasteiger partial charge on any atom is -0.389 e. The van der Waals surface area contributed by atoms with Crippen molar-refractivity contribution in [2.24, 2.45) is 5.92 Å². The lowest BCUT2D eigenvalue weighted by atomic mass is 9.94. The summed E-state index contributed by atoms with van der Waals surface area (Å²) in [6.07, 6.45) is 3.01. The number of hydrogen-bond acceptors (Lipinski definition) is 3. The van der Waals surface area contributed by atoms with E-state index in [-0.39, 0.29) is 5.91 Å². The molecule has 1 aliphatic rings. The topological polar surface area (TPSA) is 52.6 Å². The quantitative estimate of drug-likeness (QED) is 0.756. The van der Waals surface area contributed by atoms with Gasteiger partial charge >= 0.3 is 0 Å². The number of β-amino-alcohol motifs (C(OH)–C–C–N with tert-alkyl or cyclic N) is 1. The Morgan fingerprint density at radius 3 is 2.53 bits per heavy atom. The van der Waals surface area contributed by atoms with Crippen molar-refractivity contribution < 1.29 is 9.90 Å². The van der Waals surface area contributed by atoms with Gasteiger partial charge in [0, 0.05) is 20.0 Å². The van der Waals surface area contributed by atoms with E-state index in [1.165, 1.54) is 0 Å². The zero-order chi connectivity index (χ0) is 12.9. The molecule has 0 aromatic carbocycles. The van der Waals surface area contributed by atoms with Crippen LogP contribution in [0.15, 0.2) is 0 Å². The molecule has 0 aromatic heterocycles. The molecule has 0 radical (unpaired) electrons. The Morgan fingerprint density at radius 1 is 1.47 bits per heavy atom. The van der Waals surface area contributed by atoms with Crippen LogP contribution in [0.1, 0.15) is 40.0 Å². The summed E-state index contributed by atoms with van der Waals surface area (Å²) in [6.45, 7) is 9.10. The number of nitrogens with one attached hydrogen (secondary N) is 1. The monoisotopic (exact) mass is 242 g/mol. The minimum absolute atomic E-state index is 0.0568. The van der Waals surface area contributed by atoms with Crippen LogP contribution in [0.2, 0.25) is 0 Å². The summed E-state index contributed by atoms with van der Waals surface area (Å²) >= 11 is 0. The van der Waals surface area contributed by atoms with Crippen molar-refractivity contribution in [1.29, 1.82) is 0 Å². The molecule has 0 aliphatic carbocycles. The van der Waals surface area contributed by atoms with Gasteiger partial charge in [-0.1, -0.05) is 6.92 Å². The summed E-state index contributed by atoms with van der Waals surface area (Å²) in [4.78, 5) is 13.1. The number of rotatable bonds is 5. The molecule has 1 amide bonds. The highest BCUT2D eigenvalue weighted by atomic mass is 16.3. The maximum atomic E-state index is 10.8. The molecular formula is C13H26N2O2. The fourth-order valence-corrected chi connectivity index (χ4v) is 2.23. The first-order valence-electron chi connectivity index (χ1n) is 6.62. The molecule has 1 unspecified atom stereocenters. The average molecular weight is 242 g/mol. The zero-order valence-electron chi connectivity index (χ0n) is 11.3. The number of carbonyl (C=O) groups is 1. The van der Waals surface area contributed by atoms with Gasteiger partial charge < -0.3 is 15.3 Å². The second-order valence-electron chi connectivity index (χ2n) is 5.51. The van der Waals surface area contributed by atoms with Gasteiger partial charge in [-0.25, -0.2) is 0 Å². The largest absolute Gasteiger partial charge is 0.389 e. The van der Waals surface area contributed by atoms with Gasteiger partial charge in [-0.15, -0.1) is 0 Å². The first-order valence-corrected chi connectivity index (χ1v) is 6.62. The summed E-state index contributed by atoms with van der Waals surface area (Å²) in [5, 5.41) is 12.9. The van der Waals surface area contributed by atoms with Crippen LogP contribution in [0.4, 0.5) is 0 Å². The van der Waals surface area contributed by atoms with Crippen LogP contribution in [0.3, 0.4) is 0 Å². The second-order valence-corrected chi connectivity index (χ2v) is 5.51. The minimum atomic E-state index is -0.565. The first kappa shape index (κ1) is 14.5. The van der Waals surface area contributed by atoms with E-state index in [1.807, 2.05) is 13.8 Å². The van der Waals surface area contributed by atoms with Gasteiger partial charge in [0.1, 0.15) is 0 Å². The van der Waals surface area contributed by atoms with Crippen molar-refractivity contribution in [3.8, 4) is 0 Å². The number of hydrogen-bond donors (Lipinski definition) is 2. The van der Waals surface area contributed by atoms with Crippen LogP contribution < -0.4 is 5.32 Å². The van der Waals surface area contributed by atoms with Gasteiger partial charge in [0.25, 0.3) is 0 Å². The van der Waals surface area contributed by atoms with Gasteiger partial charge in [-0.3, -0.25) is 4.79 Å².